The van der Waals surface area contributed by atoms with Crippen molar-refractivity contribution < 1.29 is 61.1 Å². The Morgan fingerprint density at radius 3 is 2.64 bits per heavy atom. The number of ether oxygens (including phenoxy) is 3. The number of hydrogen-bond donors (Lipinski definition) is 3. The summed E-state index contributed by atoms with van der Waals surface area (Å²) in [4.78, 5) is 79.5. The van der Waals surface area contributed by atoms with Crippen LogP contribution in [0.1, 0.15) is 84.8 Å². The van der Waals surface area contributed by atoms with Crippen molar-refractivity contribution >= 4 is 31.5 Å². The lowest BCUT2D eigenvalue weighted by atomic mass is 9.84. The smallest absolute Gasteiger partial charge is 0.451 e. The van der Waals surface area contributed by atoms with Crippen LogP contribution in [0.4, 0.5) is 13.6 Å². The first-order valence-electron chi connectivity index (χ1n) is 15.9. The van der Waals surface area contributed by atoms with Crippen LogP contribution in [0.2, 0.25) is 0 Å². The summed E-state index contributed by atoms with van der Waals surface area (Å²) in [7, 11) is -4.74. The highest BCUT2D eigenvalue weighted by Crippen LogP contribution is 2.46. The maximum absolute atomic E-state index is 14.3. The largest absolute Gasteiger partial charge is 0.511 e. The molecule has 1 aromatic heterocycles. The van der Waals surface area contributed by atoms with Gasteiger partial charge in [0.1, 0.15) is 23.3 Å². The Balaban J connectivity index is 1.28. The number of carbonyl (C=O) groups excluding carboxylic acids is 3. The molecule has 4 heterocycles. The zero-order valence-electron chi connectivity index (χ0n) is 27.0. The molecule has 2 aromatic rings. The normalized spacial score (nSPS) is 25.8. The van der Waals surface area contributed by atoms with Gasteiger partial charge in [-0.1, -0.05) is 11.2 Å². The number of nitrogens with zero attached hydrogens (tertiary/aromatic N) is 3. The van der Waals surface area contributed by atoms with Crippen LogP contribution >= 0.6 is 7.82 Å². The van der Waals surface area contributed by atoms with E-state index < -0.39 is 91.4 Å². The van der Waals surface area contributed by atoms with Crippen LogP contribution in [0.25, 0.3) is 0 Å². The molecule has 1 saturated carbocycles. The van der Waals surface area contributed by atoms with Crippen LogP contribution in [-0.4, -0.2) is 80.1 Å². The zero-order valence-corrected chi connectivity index (χ0v) is 27.9. The second kappa shape index (κ2) is 13.7. The summed E-state index contributed by atoms with van der Waals surface area (Å²) in [6.45, 7) is 2.51. The number of pyridine rings is 1. The van der Waals surface area contributed by atoms with E-state index >= 15 is 0 Å². The van der Waals surface area contributed by atoms with Crippen molar-refractivity contribution in [2.75, 3.05) is 13.3 Å². The molecule has 2 fully saturated rings. The average molecular weight is 725 g/mol. The Kier molecular flexibility index (Phi) is 9.74. The number of carbonyl (C=O) groups is 3. The topological polar surface area (TPSA) is 205 Å². The Bertz CT molecular complexity index is 1850. The van der Waals surface area contributed by atoms with Crippen molar-refractivity contribution in [3.8, 4) is 5.75 Å². The van der Waals surface area contributed by atoms with E-state index in [0.717, 1.165) is 17.8 Å². The minimum Gasteiger partial charge on any atom is -0.451 e. The minimum atomic E-state index is -4.74. The maximum Gasteiger partial charge on any atom is 0.511 e. The van der Waals surface area contributed by atoms with Gasteiger partial charge in [-0.3, -0.25) is 18.9 Å². The molecular formula is C31H35F2N4O12P. The highest BCUT2D eigenvalue weighted by atomic mass is 31.2. The van der Waals surface area contributed by atoms with Crippen molar-refractivity contribution in [2.24, 2.45) is 5.16 Å². The monoisotopic (exact) mass is 724 g/mol. The first-order chi connectivity index (χ1) is 23.6. The first-order valence-corrected chi connectivity index (χ1v) is 17.4. The Morgan fingerprint density at radius 2 is 1.94 bits per heavy atom. The molecule has 16 nitrogen and oxygen atoms in total. The molecule has 3 aliphatic heterocycles. The molecule has 5 atom stereocenters. The molecule has 19 heteroatoms. The summed E-state index contributed by atoms with van der Waals surface area (Å²) in [5.74, 6) is -3.82. The van der Waals surface area contributed by atoms with Crippen LogP contribution in [0.5, 0.6) is 5.75 Å². The number of phosphoric ester groups is 1. The molecule has 4 aliphatic rings. The number of rotatable bonds is 9. The zero-order chi connectivity index (χ0) is 36.0. The Labute approximate surface area is 283 Å². The van der Waals surface area contributed by atoms with Crippen molar-refractivity contribution in [2.45, 2.75) is 88.8 Å². The van der Waals surface area contributed by atoms with Crippen molar-refractivity contribution in [1.29, 1.82) is 0 Å². The van der Waals surface area contributed by atoms with E-state index in [4.69, 9.17) is 28.8 Å². The van der Waals surface area contributed by atoms with Crippen molar-refractivity contribution in [1.82, 2.24) is 14.8 Å². The number of nitrogens with one attached hydrogen (secondary N) is 1. The quantitative estimate of drug-likeness (QED) is 0.194. The van der Waals surface area contributed by atoms with Gasteiger partial charge in [0.15, 0.2) is 11.3 Å². The minimum absolute atomic E-state index is 0.00577. The van der Waals surface area contributed by atoms with E-state index in [1.807, 2.05) is 6.92 Å². The average Bonchev–Trinajstić information content (AvgIpc) is 3.61. The van der Waals surface area contributed by atoms with Gasteiger partial charge in [0.25, 0.3) is 11.8 Å². The Morgan fingerprint density at radius 1 is 1.18 bits per heavy atom. The van der Waals surface area contributed by atoms with E-state index in [0.29, 0.717) is 25.3 Å². The van der Waals surface area contributed by atoms with Crippen molar-refractivity contribution in [3.05, 3.63) is 63.1 Å². The van der Waals surface area contributed by atoms with Gasteiger partial charge in [0.05, 0.1) is 17.9 Å². The summed E-state index contributed by atoms with van der Waals surface area (Å²) < 4.78 is 60.8. The number of phosphoric acid groups is 1. The molecule has 1 aromatic carbocycles. The van der Waals surface area contributed by atoms with Gasteiger partial charge in [-0.25, -0.2) is 18.1 Å². The van der Waals surface area contributed by atoms with Crippen molar-refractivity contribution in [3.63, 3.8) is 0 Å². The van der Waals surface area contributed by atoms with Gasteiger partial charge in [-0.15, -0.1) is 0 Å². The summed E-state index contributed by atoms with van der Waals surface area (Å²) >= 11 is 0. The molecule has 1 aliphatic carbocycles. The molecule has 1 saturated heterocycles. The molecule has 1 spiro atoms. The second-order valence-electron chi connectivity index (χ2n) is 12.8. The molecule has 270 valence electrons. The van der Waals surface area contributed by atoms with Crippen LogP contribution in [-0.2, 0) is 29.9 Å². The van der Waals surface area contributed by atoms with E-state index in [9.17, 15) is 32.5 Å². The number of benzene rings is 1. The lowest BCUT2D eigenvalue weighted by molar-refractivity contribution is -0.0658. The third-order valence-corrected chi connectivity index (χ3v) is 9.96. The second-order valence-corrected chi connectivity index (χ2v) is 14.0. The molecule has 2 bridgehead atoms. The van der Waals surface area contributed by atoms with E-state index in [1.165, 1.54) is 10.8 Å². The number of amides is 2. The van der Waals surface area contributed by atoms with Gasteiger partial charge in [-0.2, -0.15) is 0 Å². The van der Waals surface area contributed by atoms with E-state index in [-0.39, 0.29) is 43.1 Å². The fourth-order valence-corrected chi connectivity index (χ4v) is 7.53. The molecule has 3 N–H and O–H groups in total. The SMILES string of the molecule is CC1=NO[C@@]2(CC[C@H](C)N3C[C@H]2n2cc(C(=O)NCc4ccc(F)cc4F)c(=O)c(OCOC(=O)O[C@H]4CC[C@@H](OP(=O)(O)O)C4)c2C3=O)C1. The summed E-state index contributed by atoms with van der Waals surface area (Å²) in [5.41, 5.74) is -1.96. The first kappa shape index (κ1) is 35.4. The molecule has 0 unspecified atom stereocenters. The van der Waals surface area contributed by atoms with Crippen LogP contribution in [0.15, 0.2) is 34.3 Å². The lowest BCUT2D eigenvalue weighted by Crippen LogP contribution is -2.52. The Hall–Kier alpha value is -4.38. The lowest BCUT2D eigenvalue weighted by Gasteiger charge is -2.42. The molecule has 2 amide bonds. The van der Waals surface area contributed by atoms with Crippen LogP contribution < -0.4 is 15.5 Å². The predicted molar refractivity (Wildman–Crippen MR) is 166 cm³/mol. The summed E-state index contributed by atoms with van der Waals surface area (Å²) in [6, 6.07) is 1.92. The summed E-state index contributed by atoms with van der Waals surface area (Å²) in [6.07, 6.45) is 0.312. The molecule has 6 rings (SSSR count). The standard InChI is InChI=1S/C31H35F2N4O12P/c1-16-11-31(49-35-16)8-7-17(2)36-14-24(31)37-13-22(28(39)34-12-18-3-4-19(32)9-23(18)33)26(38)27(25(37)29(36)40)45-15-46-30(41)47-20-5-6-21(10-20)48-50(42,43)44/h3-4,9,13,17,20-21,24H,5-8,10-12,14-15H2,1-2H3,(H,34,39)(H2,42,43,44)/t17-,20-,21+,24+,31-/m0/s1. The van der Waals surface area contributed by atoms with Crippen LogP contribution in [0.3, 0.4) is 0 Å². The van der Waals surface area contributed by atoms with Gasteiger partial charge in [0.2, 0.25) is 18.0 Å². The number of halogens is 2. The number of hydrogen-bond acceptors (Lipinski definition) is 11. The van der Waals surface area contributed by atoms with Crippen LogP contribution in [0, 0.1) is 11.6 Å². The van der Waals surface area contributed by atoms with Gasteiger partial charge >= 0.3 is 14.0 Å². The van der Waals surface area contributed by atoms with E-state index in [1.54, 1.807) is 11.8 Å². The predicted octanol–water partition coefficient (Wildman–Crippen LogP) is 3.29. The fraction of sp³-hybridized carbons (Fsp3) is 0.516. The third-order valence-electron chi connectivity index (χ3n) is 9.39. The van der Waals surface area contributed by atoms with E-state index in [2.05, 4.69) is 15.0 Å². The molecule has 0 radical (unpaired) electrons. The van der Waals surface area contributed by atoms with Gasteiger partial charge in [-0.05, 0) is 45.6 Å². The maximum atomic E-state index is 14.3. The highest BCUT2D eigenvalue weighted by Gasteiger charge is 2.54. The molecule has 50 heavy (non-hydrogen) atoms. The molecular weight excluding hydrogens is 689 g/mol. The van der Waals surface area contributed by atoms with Gasteiger partial charge in [0, 0.05) is 49.8 Å². The summed E-state index contributed by atoms with van der Waals surface area (Å²) in [5, 5.41) is 6.63. The number of aromatic nitrogens is 1. The third kappa shape index (κ3) is 7.24. The van der Waals surface area contributed by atoms with Gasteiger partial charge < -0.3 is 43.6 Å². The number of oxime groups is 1. The fourth-order valence-electron chi connectivity index (χ4n) is 6.95. The number of fused-ring (bicyclic) bond motifs is 5. The highest BCUT2D eigenvalue weighted by molar-refractivity contribution is 7.46.